The van der Waals surface area contributed by atoms with Gasteiger partial charge >= 0.3 is 0 Å². The van der Waals surface area contributed by atoms with Crippen LogP contribution in [0.15, 0.2) is 0 Å². The van der Waals surface area contributed by atoms with E-state index in [0.717, 1.165) is 31.8 Å². The molecule has 1 aliphatic carbocycles. The number of nitrogens with zero attached hydrogens (tertiary/aromatic N) is 2. The van der Waals surface area contributed by atoms with Gasteiger partial charge in [-0.3, -0.25) is 5.32 Å². The average molecular weight is 251 g/mol. The van der Waals surface area contributed by atoms with Gasteiger partial charge in [0, 0.05) is 12.6 Å². The van der Waals surface area contributed by atoms with Gasteiger partial charge in [-0.2, -0.15) is 5.26 Å². The van der Waals surface area contributed by atoms with Crippen LogP contribution in [0.2, 0.25) is 0 Å². The summed E-state index contributed by atoms with van der Waals surface area (Å²) in [5.74, 6) is 0.732. The molecular formula is C15H29N3. The minimum atomic E-state index is -0.308. The van der Waals surface area contributed by atoms with Crippen LogP contribution in [0.5, 0.6) is 0 Å². The third kappa shape index (κ3) is 6.37. The lowest BCUT2D eigenvalue weighted by Crippen LogP contribution is -2.42. The van der Waals surface area contributed by atoms with Crippen molar-refractivity contribution in [3.8, 4) is 6.07 Å². The number of nitriles is 1. The Bertz CT molecular complexity index is 278. The average Bonchev–Trinajstić information content (AvgIpc) is 3.07. The van der Waals surface area contributed by atoms with Crippen molar-refractivity contribution in [2.24, 2.45) is 5.92 Å². The molecule has 0 heterocycles. The molecule has 0 saturated heterocycles. The first-order valence-electron chi connectivity index (χ1n) is 7.32. The summed E-state index contributed by atoms with van der Waals surface area (Å²) in [7, 11) is 2.19. The van der Waals surface area contributed by atoms with Crippen LogP contribution < -0.4 is 5.32 Å². The van der Waals surface area contributed by atoms with Gasteiger partial charge in [0.1, 0.15) is 5.54 Å². The lowest BCUT2D eigenvalue weighted by molar-refractivity contribution is 0.283. The molecule has 0 aromatic heterocycles. The maximum Gasteiger partial charge on any atom is 0.104 e. The molecule has 1 fully saturated rings. The highest BCUT2D eigenvalue weighted by molar-refractivity contribution is 5.06. The topological polar surface area (TPSA) is 39.1 Å². The maximum atomic E-state index is 9.27. The fourth-order valence-corrected chi connectivity index (χ4v) is 2.41. The van der Waals surface area contributed by atoms with Crippen LogP contribution in [-0.4, -0.2) is 36.6 Å². The highest BCUT2D eigenvalue weighted by atomic mass is 15.1. The number of unbranched alkanes of at least 4 members (excludes halogenated alkanes) is 1. The van der Waals surface area contributed by atoms with Crippen LogP contribution in [0.25, 0.3) is 0 Å². The highest BCUT2D eigenvalue weighted by Crippen LogP contribution is 2.24. The van der Waals surface area contributed by atoms with Crippen LogP contribution in [0.1, 0.15) is 52.9 Å². The molecule has 3 heteroatoms. The van der Waals surface area contributed by atoms with Crippen molar-refractivity contribution in [1.29, 1.82) is 5.26 Å². The fraction of sp³-hybridized carbons (Fsp3) is 0.933. The first-order chi connectivity index (χ1) is 8.45. The molecule has 1 aliphatic rings. The number of hydrogen-bond acceptors (Lipinski definition) is 3. The van der Waals surface area contributed by atoms with Gasteiger partial charge < -0.3 is 4.90 Å². The van der Waals surface area contributed by atoms with Crippen molar-refractivity contribution in [3.05, 3.63) is 0 Å². The van der Waals surface area contributed by atoms with Gasteiger partial charge in [-0.1, -0.05) is 13.8 Å². The van der Waals surface area contributed by atoms with Gasteiger partial charge in [0.2, 0.25) is 0 Å². The monoisotopic (exact) mass is 251 g/mol. The Kier molecular flexibility index (Phi) is 6.11. The number of hydrogen-bond donors (Lipinski definition) is 1. The van der Waals surface area contributed by atoms with E-state index in [9.17, 15) is 5.26 Å². The van der Waals surface area contributed by atoms with Crippen molar-refractivity contribution < 1.29 is 0 Å². The normalized spacial score (nSPS) is 18.9. The van der Waals surface area contributed by atoms with E-state index in [0.29, 0.717) is 6.04 Å². The zero-order valence-corrected chi connectivity index (χ0v) is 12.5. The van der Waals surface area contributed by atoms with E-state index in [4.69, 9.17) is 0 Å². The number of rotatable bonds is 9. The second-order valence-electron chi connectivity index (χ2n) is 6.48. The van der Waals surface area contributed by atoms with E-state index >= 15 is 0 Å². The minimum Gasteiger partial charge on any atom is -0.306 e. The molecule has 0 bridgehead atoms. The van der Waals surface area contributed by atoms with Crippen molar-refractivity contribution in [3.63, 3.8) is 0 Å². The molecule has 0 amide bonds. The van der Waals surface area contributed by atoms with Crippen molar-refractivity contribution >= 4 is 0 Å². The Balaban J connectivity index is 2.13. The molecule has 1 N–H and O–H groups in total. The highest BCUT2D eigenvalue weighted by Gasteiger charge is 2.31. The second kappa shape index (κ2) is 7.11. The van der Waals surface area contributed by atoms with Gasteiger partial charge in [-0.25, -0.2) is 0 Å². The van der Waals surface area contributed by atoms with Crippen molar-refractivity contribution in [2.45, 2.75) is 64.5 Å². The van der Waals surface area contributed by atoms with E-state index in [-0.39, 0.29) is 5.54 Å². The number of nitrogens with one attached hydrogen (secondary N) is 1. The summed E-state index contributed by atoms with van der Waals surface area (Å²) in [5, 5.41) is 12.7. The first kappa shape index (κ1) is 15.5. The summed E-state index contributed by atoms with van der Waals surface area (Å²) >= 11 is 0. The zero-order valence-electron chi connectivity index (χ0n) is 12.5. The summed E-state index contributed by atoms with van der Waals surface area (Å²) in [6.07, 6.45) is 5.78. The minimum absolute atomic E-state index is 0.308. The van der Waals surface area contributed by atoms with E-state index < -0.39 is 0 Å². The molecule has 104 valence electrons. The largest absolute Gasteiger partial charge is 0.306 e. The quantitative estimate of drug-likeness (QED) is 0.640. The fourth-order valence-electron chi connectivity index (χ4n) is 2.41. The lowest BCUT2D eigenvalue weighted by atomic mass is 9.96. The maximum absolute atomic E-state index is 9.27. The first-order valence-corrected chi connectivity index (χ1v) is 7.32. The molecule has 1 saturated carbocycles. The zero-order chi connectivity index (χ0) is 13.6. The Morgan fingerprint density at radius 2 is 2.06 bits per heavy atom. The smallest absolute Gasteiger partial charge is 0.104 e. The summed E-state index contributed by atoms with van der Waals surface area (Å²) < 4.78 is 0. The van der Waals surface area contributed by atoms with Crippen molar-refractivity contribution in [2.75, 3.05) is 20.1 Å². The molecule has 0 spiro atoms. The van der Waals surface area contributed by atoms with Crippen LogP contribution in [0.4, 0.5) is 0 Å². The van der Waals surface area contributed by atoms with Gasteiger partial charge in [0.25, 0.3) is 0 Å². The third-order valence-corrected chi connectivity index (χ3v) is 3.49. The summed E-state index contributed by atoms with van der Waals surface area (Å²) in [6.45, 7) is 8.85. The van der Waals surface area contributed by atoms with Crippen LogP contribution >= 0.6 is 0 Å². The molecule has 3 nitrogen and oxygen atoms in total. The van der Waals surface area contributed by atoms with Crippen LogP contribution in [-0.2, 0) is 0 Å². The van der Waals surface area contributed by atoms with E-state index in [1.165, 1.54) is 19.3 Å². The molecule has 0 radical (unpaired) electrons. The SMILES string of the molecule is CC(C)CN(C)CCCCC(C)(C#N)NC1CC1. The predicted molar refractivity (Wildman–Crippen MR) is 76.4 cm³/mol. The Hall–Kier alpha value is -0.590. The second-order valence-corrected chi connectivity index (χ2v) is 6.48. The Morgan fingerprint density at radius 1 is 1.39 bits per heavy atom. The predicted octanol–water partition coefficient (Wildman–Crippen LogP) is 2.78. The van der Waals surface area contributed by atoms with Crippen LogP contribution in [0, 0.1) is 17.2 Å². The van der Waals surface area contributed by atoms with Crippen molar-refractivity contribution in [1.82, 2.24) is 10.2 Å². The summed E-state index contributed by atoms with van der Waals surface area (Å²) in [5.41, 5.74) is -0.308. The van der Waals surface area contributed by atoms with Gasteiger partial charge in [0.15, 0.2) is 0 Å². The standard InChI is InChI=1S/C15H29N3/c1-13(2)11-18(4)10-6-5-9-15(3,12-16)17-14-7-8-14/h13-14,17H,5-11H2,1-4H3. The van der Waals surface area contributed by atoms with E-state index in [2.05, 4.69) is 37.2 Å². The van der Waals surface area contributed by atoms with E-state index in [1.54, 1.807) is 0 Å². The summed E-state index contributed by atoms with van der Waals surface area (Å²) in [4.78, 5) is 2.39. The Morgan fingerprint density at radius 3 is 2.56 bits per heavy atom. The summed E-state index contributed by atoms with van der Waals surface area (Å²) in [6, 6.07) is 3.05. The van der Waals surface area contributed by atoms with Gasteiger partial charge in [-0.15, -0.1) is 0 Å². The molecular weight excluding hydrogens is 222 g/mol. The molecule has 0 aromatic rings. The van der Waals surface area contributed by atoms with Crippen LogP contribution in [0.3, 0.4) is 0 Å². The molecule has 1 unspecified atom stereocenters. The Labute approximate surface area is 113 Å². The third-order valence-electron chi connectivity index (χ3n) is 3.49. The molecule has 1 rings (SSSR count). The molecule has 0 aromatic carbocycles. The molecule has 1 atom stereocenters. The molecule has 18 heavy (non-hydrogen) atoms. The van der Waals surface area contributed by atoms with E-state index in [1.807, 2.05) is 6.92 Å². The van der Waals surface area contributed by atoms with Gasteiger partial charge in [-0.05, 0) is 58.5 Å². The molecule has 0 aliphatic heterocycles. The van der Waals surface area contributed by atoms with Gasteiger partial charge in [0.05, 0.1) is 6.07 Å². The lowest BCUT2D eigenvalue weighted by Gasteiger charge is -2.24.